The summed E-state index contributed by atoms with van der Waals surface area (Å²) in [6.07, 6.45) is -2.65. The van der Waals surface area contributed by atoms with Crippen LogP contribution in [0.25, 0.3) is 0 Å². The van der Waals surface area contributed by atoms with Crippen LogP contribution in [0.5, 0.6) is 0 Å². The molecule has 0 amide bonds. The van der Waals surface area contributed by atoms with Gasteiger partial charge < -0.3 is 5.11 Å². The Morgan fingerprint density at radius 3 is 2.05 bits per heavy atom. The number of hydrogen-bond acceptors (Lipinski definition) is 3. The Kier molecular flexibility index (Phi) is 10.0. The van der Waals surface area contributed by atoms with E-state index in [1.54, 1.807) is 6.92 Å². The third kappa shape index (κ3) is 15.3. The molecule has 0 aromatic heterocycles. The highest BCUT2D eigenvalue weighted by atomic mass is 32.2. The maximum absolute atomic E-state index is 12.4. The highest BCUT2D eigenvalue weighted by Crippen LogP contribution is 2.28. The Labute approximate surface area is 116 Å². The van der Waals surface area contributed by atoms with E-state index in [9.17, 15) is 18.0 Å². The second-order valence-corrected chi connectivity index (χ2v) is 6.42. The first-order chi connectivity index (χ1) is 8.44. The van der Waals surface area contributed by atoms with E-state index < -0.39 is 18.2 Å². The lowest BCUT2D eigenvalue weighted by Gasteiger charge is -2.25. The van der Waals surface area contributed by atoms with E-state index in [1.165, 1.54) is 0 Å². The molecule has 0 bridgehead atoms. The SMILES string of the molecule is C=CC(=O)O.CCCC(NSC(C)(C)C)C(F)(F)F. The molecular formula is C12H22F3NO2S. The number of carbonyl (C=O) groups is 1. The summed E-state index contributed by atoms with van der Waals surface area (Å²) in [4.78, 5) is 9.25. The molecule has 3 nitrogen and oxygen atoms in total. The van der Waals surface area contributed by atoms with E-state index in [1.807, 2.05) is 20.8 Å². The maximum Gasteiger partial charge on any atom is 0.404 e. The topological polar surface area (TPSA) is 49.3 Å². The molecule has 114 valence electrons. The zero-order chi connectivity index (χ0) is 15.7. The average Bonchev–Trinajstić information content (AvgIpc) is 2.22. The standard InChI is InChI=1S/C9H18F3NS.C3H4O2/c1-5-6-7(9(10,11)12)13-14-8(2,3)4;1-2-3(4)5/h7,13H,5-6H2,1-4H3;2H,1H2,(H,4,5). The molecule has 0 aliphatic heterocycles. The van der Waals surface area contributed by atoms with Crippen LogP contribution in [0.1, 0.15) is 40.5 Å². The van der Waals surface area contributed by atoms with Crippen LogP contribution in [0.4, 0.5) is 13.2 Å². The van der Waals surface area contributed by atoms with E-state index >= 15 is 0 Å². The number of aliphatic carboxylic acids is 1. The van der Waals surface area contributed by atoms with Crippen LogP contribution in [0.2, 0.25) is 0 Å². The Morgan fingerprint density at radius 2 is 1.84 bits per heavy atom. The quantitative estimate of drug-likeness (QED) is 0.595. The first-order valence-corrected chi connectivity index (χ1v) is 6.61. The van der Waals surface area contributed by atoms with Crippen molar-refractivity contribution in [1.82, 2.24) is 4.72 Å². The van der Waals surface area contributed by atoms with Crippen molar-refractivity contribution in [3.05, 3.63) is 12.7 Å². The van der Waals surface area contributed by atoms with Gasteiger partial charge in [0.15, 0.2) is 0 Å². The average molecular weight is 301 g/mol. The van der Waals surface area contributed by atoms with Crippen LogP contribution in [-0.4, -0.2) is 28.0 Å². The molecule has 0 spiro atoms. The maximum atomic E-state index is 12.4. The molecule has 7 heteroatoms. The molecular weight excluding hydrogens is 279 g/mol. The van der Waals surface area contributed by atoms with Gasteiger partial charge >= 0.3 is 12.1 Å². The van der Waals surface area contributed by atoms with Gasteiger partial charge in [-0.25, -0.2) is 4.79 Å². The summed E-state index contributed by atoms with van der Waals surface area (Å²) >= 11 is 1.14. The molecule has 0 rings (SSSR count). The largest absolute Gasteiger partial charge is 0.478 e. The lowest BCUT2D eigenvalue weighted by Crippen LogP contribution is -2.40. The molecule has 0 aliphatic rings. The summed E-state index contributed by atoms with van der Waals surface area (Å²) in [5.74, 6) is -0.981. The van der Waals surface area contributed by atoms with E-state index in [2.05, 4.69) is 11.3 Å². The highest BCUT2D eigenvalue weighted by Gasteiger charge is 2.39. The fourth-order valence-corrected chi connectivity index (χ4v) is 1.57. The highest BCUT2D eigenvalue weighted by molar-refractivity contribution is 7.98. The number of hydrogen-bond donors (Lipinski definition) is 2. The number of alkyl halides is 3. The Balaban J connectivity index is 0. The van der Waals surface area contributed by atoms with Gasteiger partial charge in [0.1, 0.15) is 6.04 Å². The summed E-state index contributed by atoms with van der Waals surface area (Å²) in [6.45, 7) is 10.3. The predicted octanol–water partition coefficient (Wildman–Crippen LogP) is 4.01. The van der Waals surface area contributed by atoms with Crippen LogP contribution >= 0.6 is 11.9 Å². The Bertz CT molecular complexity index is 275. The summed E-state index contributed by atoms with van der Waals surface area (Å²) in [6, 6.07) is -1.39. The van der Waals surface area contributed by atoms with Gasteiger partial charge in [-0.05, 0) is 27.2 Å². The molecule has 0 saturated heterocycles. The number of carboxylic acid groups (broad SMARTS) is 1. The molecule has 1 atom stereocenters. The molecule has 0 saturated carbocycles. The summed E-state index contributed by atoms with van der Waals surface area (Å²) in [7, 11) is 0. The third-order valence-electron chi connectivity index (χ3n) is 1.65. The van der Waals surface area contributed by atoms with Gasteiger partial charge in [0.25, 0.3) is 0 Å². The van der Waals surface area contributed by atoms with Gasteiger partial charge in [0.2, 0.25) is 0 Å². The summed E-state index contributed by atoms with van der Waals surface area (Å²) in [5.41, 5.74) is 0. The molecule has 0 aliphatic carbocycles. The molecule has 2 N–H and O–H groups in total. The second-order valence-electron chi connectivity index (χ2n) is 4.76. The van der Waals surface area contributed by atoms with Crippen molar-refractivity contribution >= 4 is 17.9 Å². The number of rotatable bonds is 5. The second kappa shape index (κ2) is 9.25. The minimum atomic E-state index is -4.14. The van der Waals surface area contributed by atoms with Gasteiger partial charge in [-0.3, -0.25) is 4.72 Å². The molecule has 0 radical (unpaired) electrons. The zero-order valence-corrected chi connectivity index (χ0v) is 12.5. The fourth-order valence-electron chi connectivity index (χ4n) is 0.826. The zero-order valence-electron chi connectivity index (χ0n) is 11.7. The first kappa shape index (κ1) is 20.6. The Hall–Kier alpha value is -0.690. The first-order valence-electron chi connectivity index (χ1n) is 5.79. The van der Waals surface area contributed by atoms with Gasteiger partial charge in [-0.1, -0.05) is 31.9 Å². The van der Waals surface area contributed by atoms with Gasteiger partial charge in [-0.15, -0.1) is 0 Å². The molecule has 0 fully saturated rings. The molecule has 0 aromatic carbocycles. The van der Waals surface area contributed by atoms with Crippen molar-refractivity contribution in [2.24, 2.45) is 0 Å². The van der Waals surface area contributed by atoms with Gasteiger partial charge in [-0.2, -0.15) is 13.2 Å². The molecule has 0 heterocycles. The van der Waals surface area contributed by atoms with Gasteiger partial charge in [0.05, 0.1) is 0 Å². The van der Waals surface area contributed by atoms with E-state index in [0.29, 0.717) is 6.42 Å². The monoisotopic (exact) mass is 301 g/mol. The van der Waals surface area contributed by atoms with Crippen LogP contribution in [-0.2, 0) is 4.79 Å². The third-order valence-corrected chi connectivity index (χ3v) is 2.67. The molecule has 0 aromatic rings. The summed E-state index contributed by atoms with van der Waals surface area (Å²) in [5, 5.41) is 7.60. The number of nitrogens with one attached hydrogen (secondary N) is 1. The minimum absolute atomic E-state index is 0.132. The predicted molar refractivity (Wildman–Crippen MR) is 73.1 cm³/mol. The Morgan fingerprint density at radius 1 is 1.42 bits per heavy atom. The van der Waals surface area contributed by atoms with Gasteiger partial charge in [0, 0.05) is 10.8 Å². The van der Waals surface area contributed by atoms with Crippen LogP contribution in [0.15, 0.2) is 12.7 Å². The lowest BCUT2D eigenvalue weighted by molar-refractivity contribution is -0.152. The molecule has 1 unspecified atom stereocenters. The van der Waals surface area contributed by atoms with E-state index in [4.69, 9.17) is 5.11 Å². The minimum Gasteiger partial charge on any atom is -0.478 e. The lowest BCUT2D eigenvalue weighted by atomic mass is 10.2. The van der Waals surface area contributed by atoms with Crippen LogP contribution in [0, 0.1) is 0 Å². The van der Waals surface area contributed by atoms with Crippen molar-refractivity contribution in [2.45, 2.75) is 57.5 Å². The smallest absolute Gasteiger partial charge is 0.404 e. The van der Waals surface area contributed by atoms with Crippen molar-refractivity contribution in [2.75, 3.05) is 0 Å². The fraction of sp³-hybridized carbons (Fsp3) is 0.750. The number of halogens is 3. The summed E-state index contributed by atoms with van der Waals surface area (Å²) < 4.78 is 39.5. The van der Waals surface area contributed by atoms with Crippen molar-refractivity contribution in [3.63, 3.8) is 0 Å². The normalized spacial score (nSPS) is 13.2. The van der Waals surface area contributed by atoms with Crippen molar-refractivity contribution in [1.29, 1.82) is 0 Å². The molecule has 19 heavy (non-hydrogen) atoms. The van der Waals surface area contributed by atoms with E-state index in [0.717, 1.165) is 18.0 Å². The van der Waals surface area contributed by atoms with E-state index in [-0.39, 0.29) is 11.2 Å². The van der Waals surface area contributed by atoms with Crippen molar-refractivity contribution < 1.29 is 23.1 Å². The van der Waals surface area contributed by atoms with Crippen LogP contribution in [0.3, 0.4) is 0 Å². The van der Waals surface area contributed by atoms with Crippen molar-refractivity contribution in [3.8, 4) is 0 Å². The van der Waals surface area contributed by atoms with Crippen LogP contribution < -0.4 is 4.72 Å². The number of carboxylic acids is 1.